The van der Waals surface area contributed by atoms with Gasteiger partial charge in [0, 0.05) is 23.0 Å². The summed E-state index contributed by atoms with van der Waals surface area (Å²) in [5.74, 6) is -0.0975. The first-order valence-corrected chi connectivity index (χ1v) is 9.76. The molecule has 3 aromatic rings. The van der Waals surface area contributed by atoms with E-state index in [1.807, 2.05) is 48.5 Å². The lowest BCUT2D eigenvalue weighted by atomic mass is 9.67. The Labute approximate surface area is 165 Å². The first-order valence-electron chi connectivity index (χ1n) is 9.76. The van der Waals surface area contributed by atoms with Crippen LogP contribution in [-0.2, 0) is 0 Å². The Morgan fingerprint density at radius 3 is 2.00 bits per heavy atom. The van der Waals surface area contributed by atoms with Crippen molar-refractivity contribution in [3.05, 3.63) is 111 Å². The van der Waals surface area contributed by atoms with Crippen LogP contribution >= 0.6 is 0 Å². The number of aryl methyl sites for hydroxylation is 2. The van der Waals surface area contributed by atoms with Crippen LogP contribution in [-0.4, -0.2) is 10.9 Å². The van der Waals surface area contributed by atoms with Gasteiger partial charge in [0.1, 0.15) is 0 Å². The maximum Gasteiger partial charge on any atom is 0.193 e. The van der Waals surface area contributed by atoms with Gasteiger partial charge in [-0.05, 0) is 47.2 Å². The molecule has 5 rings (SSSR count). The van der Waals surface area contributed by atoms with Gasteiger partial charge in [-0.1, -0.05) is 72.8 Å². The third-order valence-corrected chi connectivity index (χ3v) is 6.35. The Morgan fingerprint density at radius 2 is 1.36 bits per heavy atom. The van der Waals surface area contributed by atoms with Crippen molar-refractivity contribution < 1.29 is 9.90 Å². The van der Waals surface area contributed by atoms with Gasteiger partial charge in [0.05, 0.1) is 6.10 Å². The Bertz CT molecular complexity index is 1090. The fraction of sp³-hybridized carbons (Fsp3) is 0.192. The number of aliphatic hydroxyl groups is 1. The van der Waals surface area contributed by atoms with Crippen LogP contribution in [0, 0.1) is 19.8 Å². The molecule has 2 heteroatoms. The van der Waals surface area contributed by atoms with E-state index in [1.54, 1.807) is 0 Å². The fourth-order valence-electron chi connectivity index (χ4n) is 4.76. The molecule has 0 spiro atoms. The molecule has 0 bridgehead atoms. The molecule has 0 amide bonds. The summed E-state index contributed by atoms with van der Waals surface area (Å²) in [6, 6.07) is 19.9. The normalized spacial score (nSPS) is 20.5. The van der Waals surface area contributed by atoms with Crippen LogP contribution in [0.4, 0.5) is 0 Å². The topological polar surface area (TPSA) is 37.3 Å². The molecule has 0 saturated carbocycles. The van der Waals surface area contributed by atoms with Gasteiger partial charge < -0.3 is 5.11 Å². The van der Waals surface area contributed by atoms with E-state index in [0.717, 1.165) is 33.4 Å². The molecule has 0 saturated heterocycles. The lowest BCUT2D eigenvalue weighted by Gasteiger charge is -2.37. The van der Waals surface area contributed by atoms with E-state index in [-0.39, 0.29) is 17.6 Å². The van der Waals surface area contributed by atoms with E-state index >= 15 is 0 Å². The Morgan fingerprint density at radius 1 is 0.786 bits per heavy atom. The minimum absolute atomic E-state index is 0.0499. The van der Waals surface area contributed by atoms with Gasteiger partial charge in [0.15, 0.2) is 5.78 Å². The Hall–Kier alpha value is -2.97. The van der Waals surface area contributed by atoms with Gasteiger partial charge >= 0.3 is 0 Å². The molecule has 2 aliphatic carbocycles. The average molecular weight is 366 g/mol. The first-order chi connectivity index (χ1) is 13.6. The van der Waals surface area contributed by atoms with E-state index < -0.39 is 6.10 Å². The van der Waals surface area contributed by atoms with Crippen LogP contribution in [0.15, 0.2) is 66.7 Å². The number of carbonyl (C=O) groups is 1. The van der Waals surface area contributed by atoms with Crippen LogP contribution in [0.25, 0.3) is 6.08 Å². The smallest absolute Gasteiger partial charge is 0.193 e. The molecule has 0 unspecified atom stereocenters. The Balaban J connectivity index is 1.69. The number of carbonyl (C=O) groups excluding carboxylic acids is 1. The van der Waals surface area contributed by atoms with Crippen molar-refractivity contribution >= 4 is 11.9 Å². The molecule has 2 atom stereocenters. The predicted octanol–water partition coefficient (Wildman–Crippen LogP) is 5.36. The van der Waals surface area contributed by atoms with E-state index in [4.69, 9.17) is 0 Å². The minimum Gasteiger partial charge on any atom is -0.388 e. The van der Waals surface area contributed by atoms with Crippen LogP contribution < -0.4 is 0 Å². The van der Waals surface area contributed by atoms with Gasteiger partial charge in [-0.2, -0.15) is 0 Å². The molecule has 1 N–H and O–H groups in total. The number of aliphatic hydroxyl groups excluding tert-OH is 1. The Kier molecular flexibility index (Phi) is 3.85. The molecule has 0 aromatic heterocycles. The standard InChI is InChI=1S/C26H22O2/c1-15-13-17-11-12-22(26(28)23(17)14-16(15)2)24-18-7-3-5-9-20(18)25(27)21-10-6-4-8-19(21)24/h3-14,22,24,26,28H,1-2H3/t22-,26-/m0/s1. The third kappa shape index (κ3) is 2.42. The summed E-state index contributed by atoms with van der Waals surface area (Å²) in [7, 11) is 0. The second-order valence-corrected chi connectivity index (χ2v) is 7.93. The zero-order valence-corrected chi connectivity index (χ0v) is 16.0. The highest BCUT2D eigenvalue weighted by molar-refractivity contribution is 6.12. The van der Waals surface area contributed by atoms with Crippen LogP contribution in [0.1, 0.15) is 61.3 Å². The molecule has 28 heavy (non-hydrogen) atoms. The van der Waals surface area contributed by atoms with Gasteiger partial charge in [0.25, 0.3) is 0 Å². The lowest BCUT2D eigenvalue weighted by Crippen LogP contribution is -2.28. The van der Waals surface area contributed by atoms with Crippen molar-refractivity contribution in [1.82, 2.24) is 0 Å². The molecule has 2 aliphatic rings. The largest absolute Gasteiger partial charge is 0.388 e. The van der Waals surface area contributed by atoms with Gasteiger partial charge in [0.2, 0.25) is 0 Å². The number of hydrogen-bond donors (Lipinski definition) is 1. The zero-order chi connectivity index (χ0) is 19.4. The molecule has 0 aliphatic heterocycles. The monoisotopic (exact) mass is 366 g/mol. The van der Waals surface area contributed by atoms with E-state index in [0.29, 0.717) is 0 Å². The highest BCUT2D eigenvalue weighted by Gasteiger charge is 2.39. The second-order valence-electron chi connectivity index (χ2n) is 7.93. The summed E-state index contributed by atoms with van der Waals surface area (Å²) in [4.78, 5) is 13.0. The molecule has 3 aromatic carbocycles. The zero-order valence-electron chi connectivity index (χ0n) is 16.0. The van der Waals surface area contributed by atoms with E-state index in [2.05, 4.69) is 38.1 Å². The predicted molar refractivity (Wildman–Crippen MR) is 112 cm³/mol. The summed E-state index contributed by atoms with van der Waals surface area (Å²) >= 11 is 0. The van der Waals surface area contributed by atoms with Crippen LogP contribution in [0.2, 0.25) is 0 Å². The van der Waals surface area contributed by atoms with E-state index in [1.165, 1.54) is 11.1 Å². The number of rotatable bonds is 1. The van der Waals surface area contributed by atoms with Gasteiger partial charge in [-0.15, -0.1) is 0 Å². The molecular weight excluding hydrogens is 344 g/mol. The number of fused-ring (bicyclic) bond motifs is 3. The molecule has 0 radical (unpaired) electrons. The molecule has 0 fully saturated rings. The minimum atomic E-state index is -0.612. The maximum atomic E-state index is 13.0. The SMILES string of the molecule is Cc1cc2c(cc1C)[C@@H](O)[C@H](C1c3ccccc3C(=O)c3ccccc31)C=C2. The summed E-state index contributed by atoms with van der Waals surface area (Å²) in [6.45, 7) is 4.18. The summed E-state index contributed by atoms with van der Waals surface area (Å²) in [5, 5.41) is 11.4. The highest BCUT2D eigenvalue weighted by atomic mass is 16.3. The molecule has 138 valence electrons. The van der Waals surface area contributed by atoms with Crippen LogP contribution in [0.3, 0.4) is 0 Å². The van der Waals surface area contributed by atoms with Crippen molar-refractivity contribution in [3.63, 3.8) is 0 Å². The molecule has 2 nitrogen and oxygen atoms in total. The van der Waals surface area contributed by atoms with Crippen LogP contribution in [0.5, 0.6) is 0 Å². The first kappa shape index (κ1) is 17.2. The summed E-state index contributed by atoms with van der Waals surface area (Å²) in [6.07, 6.45) is 3.63. The fourth-order valence-corrected chi connectivity index (χ4v) is 4.76. The molecular formula is C26H22O2. The average Bonchev–Trinajstić information content (AvgIpc) is 2.71. The van der Waals surface area contributed by atoms with Crippen molar-refractivity contribution in [3.8, 4) is 0 Å². The summed E-state index contributed by atoms with van der Waals surface area (Å²) < 4.78 is 0. The van der Waals surface area contributed by atoms with Crippen molar-refractivity contribution in [2.45, 2.75) is 25.9 Å². The number of hydrogen-bond acceptors (Lipinski definition) is 2. The van der Waals surface area contributed by atoms with Gasteiger partial charge in [-0.25, -0.2) is 0 Å². The van der Waals surface area contributed by atoms with Gasteiger partial charge in [-0.3, -0.25) is 4.79 Å². The third-order valence-electron chi connectivity index (χ3n) is 6.35. The highest BCUT2D eigenvalue weighted by Crippen LogP contribution is 2.48. The lowest BCUT2D eigenvalue weighted by molar-refractivity contribution is 0.101. The number of benzene rings is 3. The second kappa shape index (κ2) is 6.29. The van der Waals surface area contributed by atoms with E-state index in [9.17, 15) is 9.90 Å². The van der Waals surface area contributed by atoms with Crippen molar-refractivity contribution in [2.75, 3.05) is 0 Å². The molecule has 0 heterocycles. The van der Waals surface area contributed by atoms with Crippen molar-refractivity contribution in [1.29, 1.82) is 0 Å². The summed E-state index contributed by atoms with van der Waals surface area (Å²) in [5.41, 5.74) is 7.98. The maximum absolute atomic E-state index is 13.0. The van der Waals surface area contributed by atoms with Crippen molar-refractivity contribution in [2.24, 2.45) is 5.92 Å². The number of ketones is 1. The quantitative estimate of drug-likeness (QED) is 0.630.